The summed E-state index contributed by atoms with van der Waals surface area (Å²) in [7, 11) is 2.47. The van der Waals surface area contributed by atoms with E-state index in [-0.39, 0.29) is 12.2 Å². The van der Waals surface area contributed by atoms with Crippen LogP contribution in [0.3, 0.4) is 0 Å². The fourth-order valence-corrected chi connectivity index (χ4v) is 2.67. The van der Waals surface area contributed by atoms with Crippen LogP contribution in [0, 0.1) is 0 Å². The SMILES string of the molecule is CCOC(=O)C(C)(O)CNC(=O)c1ncc(C(=O)NC(P)c2ccccc2)c(O)n1. The Hall–Kier alpha value is -3.10. The maximum Gasteiger partial charge on any atom is 0.339 e. The molecule has 11 heteroatoms. The molecule has 0 bridgehead atoms. The summed E-state index contributed by atoms with van der Waals surface area (Å²) in [5.41, 5.74) is -1.33. The van der Waals surface area contributed by atoms with Gasteiger partial charge in [0.2, 0.25) is 11.7 Å². The quantitative estimate of drug-likeness (QED) is 0.347. The van der Waals surface area contributed by atoms with Crippen molar-refractivity contribution in [3.8, 4) is 5.88 Å². The molecule has 2 aromatic rings. The number of esters is 1. The van der Waals surface area contributed by atoms with Crippen molar-refractivity contribution in [2.24, 2.45) is 0 Å². The highest BCUT2D eigenvalue weighted by molar-refractivity contribution is 7.17. The standard InChI is InChI=1S/C19H23N4O6P/c1-3-29-18(27)19(2,28)10-21-16(26)13-20-9-12(14(24)22-13)15(25)23-17(30)11-7-5-4-6-8-11/h4-9,17,28H,3,10,30H2,1-2H3,(H,21,26)(H,23,25)(H,20,22,24). The van der Waals surface area contributed by atoms with E-state index >= 15 is 0 Å². The van der Waals surface area contributed by atoms with Gasteiger partial charge in [0, 0.05) is 6.20 Å². The van der Waals surface area contributed by atoms with Crippen molar-refractivity contribution in [1.29, 1.82) is 0 Å². The van der Waals surface area contributed by atoms with Crippen molar-refractivity contribution in [1.82, 2.24) is 20.6 Å². The van der Waals surface area contributed by atoms with Crippen LogP contribution in [0.4, 0.5) is 0 Å². The van der Waals surface area contributed by atoms with E-state index in [4.69, 9.17) is 4.74 Å². The number of rotatable bonds is 8. The van der Waals surface area contributed by atoms with E-state index in [1.807, 2.05) is 30.3 Å². The molecule has 160 valence electrons. The molecule has 0 saturated carbocycles. The van der Waals surface area contributed by atoms with E-state index in [2.05, 4.69) is 29.8 Å². The third kappa shape index (κ3) is 5.95. The van der Waals surface area contributed by atoms with Crippen LogP contribution in [0.15, 0.2) is 36.5 Å². The molecule has 0 aliphatic heterocycles. The molecule has 1 heterocycles. The molecule has 0 saturated heterocycles. The van der Waals surface area contributed by atoms with Gasteiger partial charge >= 0.3 is 5.97 Å². The summed E-state index contributed by atoms with van der Waals surface area (Å²) in [5.74, 6) is -3.91. The first-order valence-electron chi connectivity index (χ1n) is 9.01. The van der Waals surface area contributed by atoms with Gasteiger partial charge in [0.15, 0.2) is 5.60 Å². The molecule has 0 radical (unpaired) electrons. The number of amides is 2. The van der Waals surface area contributed by atoms with Crippen LogP contribution in [-0.2, 0) is 9.53 Å². The van der Waals surface area contributed by atoms with Gasteiger partial charge in [-0.05, 0) is 19.4 Å². The second-order valence-corrected chi connectivity index (χ2v) is 7.14. The number of hydrogen-bond acceptors (Lipinski definition) is 8. The van der Waals surface area contributed by atoms with Gasteiger partial charge in [-0.3, -0.25) is 9.59 Å². The smallest absolute Gasteiger partial charge is 0.339 e. The van der Waals surface area contributed by atoms with Gasteiger partial charge in [-0.15, -0.1) is 9.24 Å². The molecule has 0 fully saturated rings. The van der Waals surface area contributed by atoms with Gasteiger partial charge < -0.3 is 25.6 Å². The number of benzene rings is 1. The second kappa shape index (κ2) is 10.1. The molecular weight excluding hydrogens is 411 g/mol. The number of aliphatic hydroxyl groups is 1. The largest absolute Gasteiger partial charge is 0.493 e. The van der Waals surface area contributed by atoms with Gasteiger partial charge in [0.05, 0.1) is 18.9 Å². The summed E-state index contributed by atoms with van der Waals surface area (Å²) in [4.78, 5) is 43.6. The van der Waals surface area contributed by atoms with Gasteiger partial charge in [0.25, 0.3) is 11.8 Å². The van der Waals surface area contributed by atoms with Crippen molar-refractivity contribution in [2.45, 2.75) is 25.2 Å². The highest BCUT2D eigenvalue weighted by Gasteiger charge is 2.33. The van der Waals surface area contributed by atoms with Crippen LogP contribution >= 0.6 is 9.24 Å². The first-order chi connectivity index (χ1) is 14.2. The Kier molecular flexibility index (Phi) is 7.79. The number of carbonyl (C=O) groups excluding carboxylic acids is 3. The number of nitrogens with zero attached hydrogens (tertiary/aromatic N) is 2. The zero-order valence-corrected chi connectivity index (χ0v) is 17.6. The Morgan fingerprint density at radius 1 is 1.23 bits per heavy atom. The number of carbonyl (C=O) groups is 3. The Morgan fingerprint density at radius 2 is 1.90 bits per heavy atom. The molecule has 4 N–H and O–H groups in total. The van der Waals surface area contributed by atoms with E-state index in [1.165, 1.54) is 6.92 Å². The molecule has 2 rings (SSSR count). The lowest BCUT2D eigenvalue weighted by atomic mass is 10.1. The number of hydrogen-bond donors (Lipinski definition) is 4. The Labute approximate surface area is 175 Å². The van der Waals surface area contributed by atoms with E-state index in [0.717, 1.165) is 11.8 Å². The zero-order valence-electron chi connectivity index (χ0n) is 16.5. The monoisotopic (exact) mass is 434 g/mol. The fraction of sp³-hybridized carbons (Fsp3) is 0.316. The molecule has 30 heavy (non-hydrogen) atoms. The summed E-state index contributed by atoms with van der Waals surface area (Å²) >= 11 is 0. The highest BCUT2D eigenvalue weighted by Crippen LogP contribution is 2.21. The molecule has 2 amide bonds. The summed E-state index contributed by atoms with van der Waals surface area (Å²) in [6.45, 7) is 2.39. The predicted octanol–water partition coefficient (Wildman–Crippen LogP) is 0.530. The molecular formula is C19H23N4O6P. The minimum absolute atomic E-state index is 0.0742. The normalized spacial score (nSPS) is 13.6. The summed E-state index contributed by atoms with van der Waals surface area (Å²) in [6, 6.07) is 9.15. The fourth-order valence-electron chi connectivity index (χ4n) is 2.30. The van der Waals surface area contributed by atoms with Crippen molar-refractivity contribution in [3.05, 3.63) is 53.5 Å². The predicted molar refractivity (Wildman–Crippen MR) is 110 cm³/mol. The van der Waals surface area contributed by atoms with Crippen LogP contribution in [0.1, 0.15) is 46.2 Å². The van der Waals surface area contributed by atoms with Gasteiger partial charge in [-0.25, -0.2) is 9.78 Å². The van der Waals surface area contributed by atoms with Gasteiger partial charge in [-0.2, -0.15) is 4.98 Å². The third-order valence-corrected chi connectivity index (χ3v) is 4.52. The van der Waals surface area contributed by atoms with E-state index in [9.17, 15) is 24.6 Å². The van der Waals surface area contributed by atoms with Crippen molar-refractivity contribution in [3.63, 3.8) is 0 Å². The molecule has 3 atom stereocenters. The molecule has 0 aliphatic carbocycles. The first-order valence-corrected chi connectivity index (χ1v) is 9.67. The first kappa shape index (κ1) is 23.2. The van der Waals surface area contributed by atoms with E-state index in [0.29, 0.717) is 0 Å². The maximum atomic E-state index is 12.4. The number of aromatic hydroxyl groups is 1. The number of aromatic nitrogens is 2. The van der Waals surface area contributed by atoms with Crippen molar-refractivity contribution in [2.75, 3.05) is 13.2 Å². The summed E-state index contributed by atoms with van der Waals surface area (Å²) in [5, 5.41) is 25.0. The summed E-state index contributed by atoms with van der Waals surface area (Å²) in [6.07, 6.45) is 1.01. The van der Waals surface area contributed by atoms with Gasteiger partial charge in [-0.1, -0.05) is 30.3 Å². The van der Waals surface area contributed by atoms with Crippen LogP contribution in [0.2, 0.25) is 0 Å². The van der Waals surface area contributed by atoms with Crippen LogP contribution < -0.4 is 10.6 Å². The molecule has 10 nitrogen and oxygen atoms in total. The average molecular weight is 434 g/mol. The molecule has 0 spiro atoms. The number of nitrogens with one attached hydrogen (secondary N) is 2. The lowest BCUT2D eigenvalue weighted by molar-refractivity contribution is -0.162. The molecule has 0 aliphatic rings. The van der Waals surface area contributed by atoms with Crippen LogP contribution in [0.5, 0.6) is 5.88 Å². The third-order valence-electron chi connectivity index (χ3n) is 3.97. The topological polar surface area (TPSA) is 151 Å². The van der Waals surface area contributed by atoms with Crippen LogP contribution in [0.25, 0.3) is 0 Å². The molecule has 1 aromatic carbocycles. The average Bonchev–Trinajstić information content (AvgIpc) is 2.72. The Bertz CT molecular complexity index is 922. The molecule has 1 aromatic heterocycles. The van der Waals surface area contributed by atoms with Crippen LogP contribution in [-0.4, -0.2) is 56.7 Å². The van der Waals surface area contributed by atoms with E-state index in [1.54, 1.807) is 6.92 Å². The Balaban J connectivity index is 2.03. The maximum absolute atomic E-state index is 12.4. The highest BCUT2D eigenvalue weighted by atomic mass is 31.0. The van der Waals surface area contributed by atoms with Crippen molar-refractivity contribution < 1.29 is 29.3 Å². The number of ether oxygens (including phenoxy) is 1. The minimum atomic E-state index is -1.95. The van der Waals surface area contributed by atoms with Crippen molar-refractivity contribution >= 4 is 27.0 Å². The van der Waals surface area contributed by atoms with E-state index < -0.39 is 47.4 Å². The Morgan fingerprint density at radius 3 is 2.50 bits per heavy atom. The second-order valence-electron chi connectivity index (χ2n) is 6.47. The molecule has 3 unspecified atom stereocenters. The van der Waals surface area contributed by atoms with Gasteiger partial charge in [0.1, 0.15) is 5.56 Å². The summed E-state index contributed by atoms with van der Waals surface area (Å²) < 4.78 is 4.71. The minimum Gasteiger partial charge on any atom is -0.493 e. The lowest BCUT2D eigenvalue weighted by Gasteiger charge is -2.21. The lowest BCUT2D eigenvalue weighted by Crippen LogP contribution is -2.47. The zero-order chi connectivity index (χ0) is 22.3.